The van der Waals surface area contributed by atoms with Crippen molar-refractivity contribution in [3.05, 3.63) is 53.6 Å². The van der Waals surface area contributed by atoms with E-state index in [0.29, 0.717) is 5.02 Å². The van der Waals surface area contributed by atoms with Crippen molar-refractivity contribution in [1.82, 2.24) is 14.9 Å². The number of aromatic nitrogens is 2. The van der Waals surface area contributed by atoms with E-state index in [9.17, 15) is 9.50 Å². The molecule has 0 spiro atoms. The number of aryl methyl sites for hydroxylation is 1. The zero-order chi connectivity index (χ0) is 18.8. The summed E-state index contributed by atoms with van der Waals surface area (Å²) in [6.07, 6.45) is 5.28. The summed E-state index contributed by atoms with van der Waals surface area (Å²) in [4.78, 5) is 4.49. The summed E-state index contributed by atoms with van der Waals surface area (Å²) in [7, 11) is 0. The molecule has 1 aliphatic heterocycles. The molecule has 1 aliphatic rings. The molecule has 0 saturated carbocycles. The van der Waals surface area contributed by atoms with Gasteiger partial charge in [0.05, 0.1) is 23.5 Å². The molecule has 1 saturated heterocycles. The van der Waals surface area contributed by atoms with Crippen LogP contribution in [0.25, 0.3) is 22.2 Å². The van der Waals surface area contributed by atoms with E-state index in [1.165, 1.54) is 12.1 Å². The summed E-state index contributed by atoms with van der Waals surface area (Å²) in [6.45, 7) is 1.75. The molecule has 6 heteroatoms. The summed E-state index contributed by atoms with van der Waals surface area (Å²) >= 11 is 6.27. The number of aliphatic hydroxyl groups is 1. The Morgan fingerprint density at radius 1 is 1.30 bits per heavy atom. The predicted octanol–water partition coefficient (Wildman–Crippen LogP) is 4.39. The van der Waals surface area contributed by atoms with Crippen LogP contribution < -0.4 is 5.32 Å². The molecule has 1 aromatic heterocycles. The molecule has 0 aliphatic carbocycles. The average molecular weight is 388 g/mol. The number of hydrogen-bond donors (Lipinski definition) is 2. The fourth-order valence-electron chi connectivity index (χ4n) is 3.93. The number of nitrogens with one attached hydrogen (secondary N) is 1. The van der Waals surface area contributed by atoms with Gasteiger partial charge in [0, 0.05) is 23.2 Å². The normalized spacial score (nSPS) is 20.3. The van der Waals surface area contributed by atoms with Crippen LogP contribution in [0.1, 0.15) is 25.7 Å². The van der Waals surface area contributed by atoms with Crippen molar-refractivity contribution >= 4 is 22.6 Å². The largest absolute Gasteiger partial charge is 0.392 e. The van der Waals surface area contributed by atoms with Crippen molar-refractivity contribution < 1.29 is 9.50 Å². The molecule has 0 bridgehead atoms. The molecule has 1 fully saturated rings. The van der Waals surface area contributed by atoms with Crippen molar-refractivity contribution in [1.29, 1.82) is 0 Å². The van der Waals surface area contributed by atoms with Crippen molar-refractivity contribution in [2.45, 2.75) is 44.4 Å². The van der Waals surface area contributed by atoms with Crippen LogP contribution in [0.15, 0.2) is 42.7 Å². The van der Waals surface area contributed by atoms with Gasteiger partial charge >= 0.3 is 0 Å². The molecule has 2 heterocycles. The van der Waals surface area contributed by atoms with Crippen LogP contribution in [0.5, 0.6) is 0 Å². The van der Waals surface area contributed by atoms with Gasteiger partial charge in [-0.25, -0.2) is 9.37 Å². The minimum absolute atomic E-state index is 0.158. The summed E-state index contributed by atoms with van der Waals surface area (Å²) in [6, 6.07) is 10.4. The first-order chi connectivity index (χ1) is 13.1. The summed E-state index contributed by atoms with van der Waals surface area (Å²) in [5, 5.41) is 14.1. The van der Waals surface area contributed by atoms with Crippen LogP contribution in [0.3, 0.4) is 0 Å². The molecular formula is C21H23ClFN3O. The van der Waals surface area contributed by atoms with E-state index >= 15 is 0 Å². The summed E-state index contributed by atoms with van der Waals surface area (Å²) in [5.74, 6) is -0.274. The monoisotopic (exact) mass is 387 g/mol. The first kappa shape index (κ1) is 18.4. The quantitative estimate of drug-likeness (QED) is 0.682. The van der Waals surface area contributed by atoms with Crippen molar-refractivity contribution in [3.63, 3.8) is 0 Å². The van der Waals surface area contributed by atoms with Gasteiger partial charge in [-0.3, -0.25) is 0 Å². The second-order valence-electron chi connectivity index (χ2n) is 7.18. The smallest absolute Gasteiger partial charge is 0.123 e. The number of imidazole rings is 1. The Kier molecular flexibility index (Phi) is 5.43. The number of hydrogen-bond acceptors (Lipinski definition) is 3. The van der Waals surface area contributed by atoms with Crippen molar-refractivity contribution in [3.8, 4) is 11.1 Å². The second-order valence-corrected chi connectivity index (χ2v) is 7.62. The van der Waals surface area contributed by atoms with E-state index in [4.69, 9.17) is 11.6 Å². The van der Waals surface area contributed by atoms with Gasteiger partial charge in [-0.2, -0.15) is 0 Å². The van der Waals surface area contributed by atoms with Gasteiger partial charge in [-0.15, -0.1) is 0 Å². The SMILES string of the molecule is OC1CCCN[C@H]1CCCn1cnc2cc(Cl)cc(-c3cccc(F)c3)c21. The van der Waals surface area contributed by atoms with Crippen LogP contribution in [0.2, 0.25) is 5.02 Å². The van der Waals surface area contributed by atoms with Gasteiger partial charge in [-0.1, -0.05) is 23.7 Å². The third-order valence-electron chi connectivity index (χ3n) is 5.28. The number of aliphatic hydroxyl groups excluding tert-OH is 1. The lowest BCUT2D eigenvalue weighted by Gasteiger charge is -2.29. The van der Waals surface area contributed by atoms with Crippen LogP contribution in [-0.2, 0) is 6.54 Å². The van der Waals surface area contributed by atoms with Crippen LogP contribution in [0, 0.1) is 5.82 Å². The van der Waals surface area contributed by atoms with Gasteiger partial charge in [-0.05, 0) is 62.1 Å². The molecule has 2 atom stereocenters. The lowest BCUT2D eigenvalue weighted by atomic mass is 9.97. The third-order valence-corrected chi connectivity index (χ3v) is 5.49. The fourth-order valence-corrected chi connectivity index (χ4v) is 4.14. The first-order valence-corrected chi connectivity index (χ1v) is 9.81. The lowest BCUT2D eigenvalue weighted by Crippen LogP contribution is -2.44. The Morgan fingerprint density at radius 2 is 2.19 bits per heavy atom. The maximum atomic E-state index is 13.7. The third kappa shape index (κ3) is 4.00. The number of fused-ring (bicyclic) bond motifs is 1. The number of nitrogens with zero attached hydrogens (tertiary/aromatic N) is 2. The van der Waals surface area contributed by atoms with E-state index in [-0.39, 0.29) is 18.0 Å². The molecule has 0 amide bonds. The maximum absolute atomic E-state index is 13.7. The fraction of sp³-hybridized carbons (Fsp3) is 0.381. The van der Waals surface area contributed by atoms with Crippen LogP contribution in [0.4, 0.5) is 4.39 Å². The molecule has 142 valence electrons. The lowest BCUT2D eigenvalue weighted by molar-refractivity contribution is 0.0909. The number of piperidine rings is 1. The minimum Gasteiger partial charge on any atom is -0.392 e. The number of benzene rings is 2. The highest BCUT2D eigenvalue weighted by atomic mass is 35.5. The zero-order valence-corrected chi connectivity index (χ0v) is 15.8. The molecule has 2 N–H and O–H groups in total. The Morgan fingerprint density at radius 3 is 3.00 bits per heavy atom. The van der Waals surface area contributed by atoms with Crippen molar-refractivity contribution in [2.75, 3.05) is 6.54 Å². The molecule has 4 nitrogen and oxygen atoms in total. The van der Waals surface area contributed by atoms with E-state index in [1.54, 1.807) is 6.07 Å². The maximum Gasteiger partial charge on any atom is 0.123 e. The van der Waals surface area contributed by atoms with E-state index in [0.717, 1.165) is 60.9 Å². The average Bonchev–Trinajstić information content (AvgIpc) is 3.05. The van der Waals surface area contributed by atoms with Gasteiger partial charge < -0.3 is 15.0 Å². The topological polar surface area (TPSA) is 50.1 Å². The first-order valence-electron chi connectivity index (χ1n) is 9.43. The molecular weight excluding hydrogens is 365 g/mol. The van der Waals surface area contributed by atoms with Crippen molar-refractivity contribution in [2.24, 2.45) is 0 Å². The minimum atomic E-state index is -0.274. The summed E-state index contributed by atoms with van der Waals surface area (Å²) < 4.78 is 15.8. The number of rotatable bonds is 5. The van der Waals surface area contributed by atoms with Gasteiger partial charge in [0.25, 0.3) is 0 Å². The Labute approximate surface area is 163 Å². The van der Waals surface area contributed by atoms with Crippen LogP contribution in [-0.4, -0.2) is 33.3 Å². The molecule has 2 aromatic carbocycles. The molecule has 1 unspecified atom stereocenters. The molecule has 0 radical (unpaired) electrons. The van der Waals surface area contributed by atoms with Gasteiger partial charge in [0.1, 0.15) is 5.82 Å². The molecule has 4 rings (SSSR count). The zero-order valence-electron chi connectivity index (χ0n) is 15.0. The highest BCUT2D eigenvalue weighted by Gasteiger charge is 2.22. The van der Waals surface area contributed by atoms with Crippen LogP contribution >= 0.6 is 11.6 Å². The standard InChI is InChI=1S/C21H23ClFN3O/c22-15-11-17(14-4-1-5-16(23)10-14)21-19(12-15)25-13-26(21)9-3-6-18-20(27)7-2-8-24-18/h1,4-5,10-13,18,20,24,27H,2-3,6-9H2/t18-,20?/m0/s1. The molecule has 3 aromatic rings. The van der Waals surface area contributed by atoms with E-state index in [2.05, 4.69) is 14.9 Å². The highest BCUT2D eigenvalue weighted by molar-refractivity contribution is 6.31. The summed E-state index contributed by atoms with van der Waals surface area (Å²) in [5.41, 5.74) is 3.43. The Bertz CT molecular complexity index is 942. The second kappa shape index (κ2) is 7.97. The Hall–Kier alpha value is -1.95. The highest BCUT2D eigenvalue weighted by Crippen LogP contribution is 2.32. The van der Waals surface area contributed by atoms with E-state index in [1.807, 2.05) is 24.5 Å². The van der Waals surface area contributed by atoms with E-state index < -0.39 is 0 Å². The predicted molar refractivity (Wildman–Crippen MR) is 106 cm³/mol. The van der Waals surface area contributed by atoms with Gasteiger partial charge in [0.2, 0.25) is 0 Å². The van der Waals surface area contributed by atoms with Gasteiger partial charge in [0.15, 0.2) is 0 Å². The molecule has 27 heavy (non-hydrogen) atoms. The number of halogens is 2. The Balaban J connectivity index is 1.60.